The number of halogens is 3. The van der Waals surface area contributed by atoms with Gasteiger partial charge >= 0.3 is 12.2 Å². The highest BCUT2D eigenvalue weighted by molar-refractivity contribution is 5.95. The summed E-state index contributed by atoms with van der Waals surface area (Å²) in [7, 11) is 0. The van der Waals surface area contributed by atoms with Crippen LogP contribution in [0.4, 0.5) is 23.7 Å². The van der Waals surface area contributed by atoms with E-state index in [9.17, 15) is 22.8 Å². The maximum atomic E-state index is 12.8. The smallest absolute Gasteiger partial charge is 0.339 e. The minimum Gasteiger partial charge on any atom is -0.339 e. The monoisotopic (exact) mass is 459 g/mol. The first-order valence-electron chi connectivity index (χ1n) is 10.1. The highest BCUT2D eigenvalue weighted by Crippen LogP contribution is 2.29. The number of rotatable bonds is 3. The largest absolute Gasteiger partial charge is 0.416 e. The van der Waals surface area contributed by atoms with Crippen LogP contribution in [0.5, 0.6) is 0 Å². The topological polar surface area (TPSA) is 91.6 Å². The molecule has 1 saturated heterocycles. The van der Waals surface area contributed by atoms with Crippen LogP contribution in [0.15, 0.2) is 53.1 Å². The van der Waals surface area contributed by atoms with Gasteiger partial charge in [-0.15, -0.1) is 0 Å². The van der Waals surface area contributed by atoms with Gasteiger partial charge in [0.15, 0.2) is 0 Å². The number of carbonyl (C=O) groups excluding carboxylic acids is 2. The maximum absolute atomic E-state index is 12.8. The number of piperazine rings is 1. The van der Waals surface area contributed by atoms with Crippen LogP contribution in [0.3, 0.4) is 0 Å². The molecule has 0 unspecified atom stereocenters. The molecule has 11 heteroatoms. The second-order valence-electron chi connectivity index (χ2n) is 7.50. The van der Waals surface area contributed by atoms with Crippen LogP contribution in [0, 0.1) is 6.92 Å². The number of nitrogens with zero attached hydrogens (tertiary/aromatic N) is 4. The van der Waals surface area contributed by atoms with Crippen LogP contribution in [0.1, 0.15) is 21.8 Å². The molecular weight excluding hydrogens is 439 g/mol. The number of aryl methyl sites for hydroxylation is 1. The van der Waals surface area contributed by atoms with Crippen molar-refractivity contribution in [3.05, 3.63) is 65.5 Å². The lowest BCUT2D eigenvalue weighted by molar-refractivity contribution is -0.137. The van der Waals surface area contributed by atoms with Crippen LogP contribution >= 0.6 is 0 Å². The molecule has 0 saturated carbocycles. The SMILES string of the molecule is Cc1nc(-c2ccc(C(=O)N3CCN(C(=O)Nc4ccc(C(F)(F)F)cc4)CC3)cc2)no1. The van der Waals surface area contributed by atoms with Gasteiger partial charge < -0.3 is 19.6 Å². The summed E-state index contributed by atoms with van der Waals surface area (Å²) in [4.78, 5) is 32.6. The molecule has 33 heavy (non-hydrogen) atoms. The number of anilines is 1. The molecule has 1 aliphatic rings. The van der Waals surface area contributed by atoms with E-state index in [1.54, 1.807) is 36.1 Å². The Bertz CT molecular complexity index is 1140. The molecule has 0 bridgehead atoms. The number of alkyl halides is 3. The Balaban J connectivity index is 1.30. The van der Waals surface area contributed by atoms with Crippen molar-refractivity contribution in [3.63, 3.8) is 0 Å². The lowest BCUT2D eigenvalue weighted by atomic mass is 10.1. The van der Waals surface area contributed by atoms with Gasteiger partial charge in [0.25, 0.3) is 5.91 Å². The zero-order chi connectivity index (χ0) is 23.6. The molecule has 1 aromatic heterocycles. The quantitative estimate of drug-likeness (QED) is 0.638. The van der Waals surface area contributed by atoms with Crippen LogP contribution in [0.25, 0.3) is 11.4 Å². The van der Waals surface area contributed by atoms with Gasteiger partial charge in [-0.3, -0.25) is 4.79 Å². The molecule has 3 aromatic rings. The summed E-state index contributed by atoms with van der Waals surface area (Å²) in [5.41, 5.74) is 0.714. The van der Waals surface area contributed by atoms with Gasteiger partial charge in [-0.1, -0.05) is 17.3 Å². The predicted molar refractivity (Wildman–Crippen MR) is 112 cm³/mol. The Morgan fingerprint density at radius 2 is 1.55 bits per heavy atom. The van der Waals surface area contributed by atoms with E-state index in [4.69, 9.17) is 4.52 Å². The molecule has 4 rings (SSSR count). The van der Waals surface area contributed by atoms with E-state index >= 15 is 0 Å². The molecule has 0 atom stereocenters. The van der Waals surface area contributed by atoms with E-state index in [1.807, 2.05) is 0 Å². The molecule has 2 aromatic carbocycles. The average molecular weight is 459 g/mol. The Kier molecular flexibility index (Phi) is 6.03. The Morgan fingerprint density at radius 1 is 0.939 bits per heavy atom. The third kappa shape index (κ3) is 5.13. The first-order chi connectivity index (χ1) is 15.7. The fourth-order valence-corrected chi connectivity index (χ4v) is 3.42. The number of urea groups is 1. The Morgan fingerprint density at radius 3 is 2.09 bits per heavy atom. The molecule has 1 N–H and O–H groups in total. The second-order valence-corrected chi connectivity index (χ2v) is 7.50. The Hall–Kier alpha value is -3.89. The van der Waals surface area contributed by atoms with E-state index < -0.39 is 17.8 Å². The molecule has 1 fully saturated rings. The maximum Gasteiger partial charge on any atom is 0.416 e. The summed E-state index contributed by atoms with van der Waals surface area (Å²) in [6, 6.07) is 10.7. The van der Waals surface area contributed by atoms with Gasteiger partial charge in [-0.25, -0.2) is 4.79 Å². The van der Waals surface area contributed by atoms with Gasteiger partial charge in [0.2, 0.25) is 11.7 Å². The van der Waals surface area contributed by atoms with Crippen LogP contribution in [0.2, 0.25) is 0 Å². The van der Waals surface area contributed by atoms with Crippen LogP contribution in [-0.2, 0) is 6.18 Å². The number of aromatic nitrogens is 2. The molecule has 0 aliphatic carbocycles. The van der Waals surface area contributed by atoms with Crippen molar-refractivity contribution in [3.8, 4) is 11.4 Å². The fourth-order valence-electron chi connectivity index (χ4n) is 3.42. The van der Waals surface area contributed by atoms with Crippen molar-refractivity contribution in [1.82, 2.24) is 19.9 Å². The minimum absolute atomic E-state index is 0.159. The summed E-state index contributed by atoms with van der Waals surface area (Å²) < 4.78 is 42.9. The van der Waals surface area contributed by atoms with Gasteiger partial charge in [-0.2, -0.15) is 18.2 Å². The summed E-state index contributed by atoms with van der Waals surface area (Å²) in [5.74, 6) is 0.734. The standard InChI is InChI=1S/C22H20F3N5O3/c1-14-26-19(28-33-14)15-2-4-16(5-3-15)20(31)29-10-12-30(13-11-29)21(32)27-18-8-6-17(7-9-18)22(23,24)25/h2-9H,10-13H2,1H3,(H,27,32). The summed E-state index contributed by atoms with van der Waals surface area (Å²) in [5, 5.41) is 6.43. The fraction of sp³-hybridized carbons (Fsp3) is 0.273. The minimum atomic E-state index is -4.43. The first kappa shape index (κ1) is 22.3. The highest BCUT2D eigenvalue weighted by Gasteiger charge is 2.30. The highest BCUT2D eigenvalue weighted by atomic mass is 19.4. The second kappa shape index (κ2) is 8.93. The molecule has 1 aliphatic heterocycles. The van der Waals surface area contributed by atoms with Gasteiger partial charge in [0, 0.05) is 49.9 Å². The molecular formula is C22H20F3N5O3. The number of benzene rings is 2. The normalized spacial score (nSPS) is 14.3. The third-order valence-corrected chi connectivity index (χ3v) is 5.24. The number of nitrogens with one attached hydrogen (secondary N) is 1. The van der Waals surface area contributed by atoms with Gasteiger partial charge in [0.1, 0.15) is 0 Å². The lowest BCUT2D eigenvalue weighted by Gasteiger charge is -2.34. The van der Waals surface area contributed by atoms with E-state index in [1.165, 1.54) is 17.0 Å². The zero-order valence-corrected chi connectivity index (χ0v) is 17.6. The summed E-state index contributed by atoms with van der Waals surface area (Å²) >= 11 is 0. The molecule has 3 amide bonds. The van der Waals surface area contributed by atoms with Crippen molar-refractivity contribution in [1.29, 1.82) is 0 Å². The van der Waals surface area contributed by atoms with E-state index in [2.05, 4.69) is 15.5 Å². The lowest BCUT2D eigenvalue weighted by Crippen LogP contribution is -2.51. The van der Waals surface area contributed by atoms with Crippen molar-refractivity contribution in [2.45, 2.75) is 13.1 Å². The number of amides is 3. The van der Waals surface area contributed by atoms with E-state index in [0.717, 1.165) is 17.7 Å². The molecule has 8 nitrogen and oxygen atoms in total. The third-order valence-electron chi connectivity index (χ3n) is 5.24. The van der Waals surface area contributed by atoms with Crippen LogP contribution in [-0.4, -0.2) is 58.1 Å². The molecule has 0 radical (unpaired) electrons. The Labute approximate surface area is 187 Å². The van der Waals surface area contributed by atoms with Crippen molar-refractivity contribution >= 4 is 17.6 Å². The molecule has 0 spiro atoms. The van der Waals surface area contributed by atoms with Crippen LogP contribution < -0.4 is 5.32 Å². The van der Waals surface area contributed by atoms with Crippen molar-refractivity contribution in [2.24, 2.45) is 0 Å². The van der Waals surface area contributed by atoms with Gasteiger partial charge in [-0.05, 0) is 36.4 Å². The van der Waals surface area contributed by atoms with Gasteiger partial charge in [0.05, 0.1) is 5.56 Å². The van der Waals surface area contributed by atoms with Crippen molar-refractivity contribution in [2.75, 3.05) is 31.5 Å². The average Bonchev–Trinajstić information content (AvgIpc) is 3.25. The summed E-state index contributed by atoms with van der Waals surface area (Å²) in [6.45, 7) is 2.98. The van der Waals surface area contributed by atoms with Crippen molar-refractivity contribution < 1.29 is 27.3 Å². The zero-order valence-electron chi connectivity index (χ0n) is 17.6. The number of carbonyl (C=O) groups is 2. The first-order valence-corrected chi connectivity index (χ1v) is 10.1. The van der Waals surface area contributed by atoms with E-state index in [-0.39, 0.29) is 11.6 Å². The number of hydrogen-bond acceptors (Lipinski definition) is 5. The number of hydrogen-bond donors (Lipinski definition) is 1. The predicted octanol–water partition coefficient (Wildman–Crippen LogP) is 4.05. The summed E-state index contributed by atoms with van der Waals surface area (Å²) in [6.07, 6.45) is -4.43. The molecule has 172 valence electrons. The molecule has 2 heterocycles. The van der Waals surface area contributed by atoms with E-state index in [0.29, 0.717) is 43.5 Å².